The van der Waals surface area contributed by atoms with E-state index in [9.17, 15) is 10.1 Å². The van der Waals surface area contributed by atoms with E-state index in [4.69, 9.17) is 0 Å². The van der Waals surface area contributed by atoms with Crippen molar-refractivity contribution in [2.24, 2.45) is 5.92 Å². The molecule has 0 bridgehead atoms. The highest BCUT2D eigenvalue weighted by Gasteiger charge is 2.23. The van der Waals surface area contributed by atoms with Crippen LogP contribution in [-0.2, 0) is 6.54 Å². The van der Waals surface area contributed by atoms with E-state index in [0.717, 1.165) is 31.4 Å². The summed E-state index contributed by atoms with van der Waals surface area (Å²) < 4.78 is 1.51. The molecule has 1 aliphatic rings. The first-order valence-corrected chi connectivity index (χ1v) is 8.63. The van der Waals surface area contributed by atoms with Gasteiger partial charge in [0, 0.05) is 6.54 Å². The third kappa shape index (κ3) is 3.26. The molecule has 124 valence electrons. The van der Waals surface area contributed by atoms with E-state index in [1.165, 1.54) is 10.2 Å². The highest BCUT2D eigenvalue weighted by Crippen LogP contribution is 2.36. The molecule has 24 heavy (non-hydrogen) atoms. The van der Waals surface area contributed by atoms with Crippen LogP contribution < -0.4 is 5.56 Å². The summed E-state index contributed by atoms with van der Waals surface area (Å²) in [7, 11) is 0. The first-order valence-electron chi connectivity index (χ1n) is 8.63. The molecule has 2 aromatic rings. The van der Waals surface area contributed by atoms with Crippen LogP contribution in [0.5, 0.6) is 0 Å². The maximum absolute atomic E-state index is 12.4. The molecule has 0 radical (unpaired) electrons. The van der Waals surface area contributed by atoms with Gasteiger partial charge in [-0.05, 0) is 62.5 Å². The Labute approximate surface area is 142 Å². The number of hydrogen-bond donors (Lipinski definition) is 0. The average molecular weight is 321 g/mol. The second-order valence-electron chi connectivity index (χ2n) is 6.81. The normalized spacial score (nSPS) is 20.5. The monoisotopic (exact) mass is 321 g/mol. The van der Waals surface area contributed by atoms with E-state index in [1.807, 2.05) is 13.0 Å². The van der Waals surface area contributed by atoms with Gasteiger partial charge in [0.05, 0.1) is 5.69 Å². The van der Waals surface area contributed by atoms with Gasteiger partial charge in [0.25, 0.3) is 5.56 Å². The minimum atomic E-state index is -0.245. The molecule has 4 heteroatoms. The molecule has 0 atom stereocenters. The summed E-state index contributed by atoms with van der Waals surface area (Å²) in [6, 6.07) is 12.7. The van der Waals surface area contributed by atoms with Crippen molar-refractivity contribution in [3.8, 4) is 6.07 Å². The fourth-order valence-electron chi connectivity index (χ4n) is 3.68. The Hall–Kier alpha value is -2.41. The number of nitriles is 1. The lowest BCUT2D eigenvalue weighted by atomic mass is 9.79. The van der Waals surface area contributed by atoms with Crippen LogP contribution in [0.2, 0.25) is 0 Å². The van der Waals surface area contributed by atoms with Crippen LogP contribution in [-0.4, -0.2) is 9.78 Å². The van der Waals surface area contributed by atoms with Crippen molar-refractivity contribution in [3.05, 3.63) is 63.1 Å². The lowest BCUT2D eigenvalue weighted by Crippen LogP contribution is -2.31. The van der Waals surface area contributed by atoms with Crippen molar-refractivity contribution in [1.29, 1.82) is 5.26 Å². The van der Waals surface area contributed by atoms with Crippen molar-refractivity contribution < 1.29 is 0 Å². The third-order valence-electron chi connectivity index (χ3n) is 5.30. The van der Waals surface area contributed by atoms with E-state index in [2.05, 4.69) is 35.4 Å². The Bertz CT molecular complexity index is 809. The van der Waals surface area contributed by atoms with Gasteiger partial charge in [-0.15, -0.1) is 0 Å². The highest BCUT2D eigenvalue weighted by atomic mass is 16.1. The molecule has 1 heterocycles. The molecule has 1 aliphatic carbocycles. The molecule has 1 aromatic carbocycles. The summed E-state index contributed by atoms with van der Waals surface area (Å²) in [4.78, 5) is 12.4. The van der Waals surface area contributed by atoms with Gasteiger partial charge in [0.2, 0.25) is 0 Å². The zero-order valence-electron chi connectivity index (χ0n) is 14.3. The molecule has 0 unspecified atom stereocenters. The molecule has 0 N–H and O–H groups in total. The number of aryl methyl sites for hydroxylation is 1. The lowest BCUT2D eigenvalue weighted by molar-refractivity contribution is 0.280. The van der Waals surface area contributed by atoms with E-state index in [1.54, 1.807) is 6.92 Å². The van der Waals surface area contributed by atoms with Gasteiger partial charge >= 0.3 is 0 Å². The summed E-state index contributed by atoms with van der Waals surface area (Å²) in [5, 5.41) is 13.6. The lowest BCUT2D eigenvalue weighted by Gasteiger charge is -2.29. The van der Waals surface area contributed by atoms with Crippen molar-refractivity contribution in [1.82, 2.24) is 9.78 Å². The zero-order valence-corrected chi connectivity index (χ0v) is 14.3. The van der Waals surface area contributed by atoms with Gasteiger partial charge in [-0.3, -0.25) is 4.79 Å². The first kappa shape index (κ1) is 16.4. The molecular formula is C20H23N3O. The minimum absolute atomic E-state index is 0.237. The van der Waals surface area contributed by atoms with Crippen LogP contribution in [0.25, 0.3) is 0 Å². The van der Waals surface area contributed by atoms with Crippen LogP contribution >= 0.6 is 0 Å². The molecule has 1 saturated carbocycles. The number of benzene rings is 1. The second-order valence-corrected chi connectivity index (χ2v) is 6.81. The zero-order chi connectivity index (χ0) is 17.1. The SMILES string of the molecule is Cc1nn(CC2CCC(c3ccccc3)CC2)c(=O)c(C#N)c1C. The number of aromatic nitrogens is 2. The van der Waals surface area contributed by atoms with Gasteiger partial charge in [0.15, 0.2) is 0 Å². The molecule has 1 aromatic heterocycles. The predicted octanol–water partition coefficient (Wildman–Crippen LogP) is 3.71. The number of hydrogen-bond acceptors (Lipinski definition) is 3. The minimum Gasteiger partial charge on any atom is -0.266 e. The van der Waals surface area contributed by atoms with Crippen LogP contribution in [0, 0.1) is 31.1 Å². The molecule has 0 spiro atoms. The van der Waals surface area contributed by atoms with Crippen LogP contribution in [0.3, 0.4) is 0 Å². The molecular weight excluding hydrogens is 298 g/mol. The summed E-state index contributed by atoms with van der Waals surface area (Å²) in [5.74, 6) is 1.09. The van der Waals surface area contributed by atoms with E-state index < -0.39 is 0 Å². The summed E-state index contributed by atoms with van der Waals surface area (Å²) in [6.45, 7) is 4.27. The standard InChI is InChI=1S/C20H23N3O/c1-14-15(2)22-23(20(24)19(14)12-21)13-16-8-10-18(11-9-16)17-6-4-3-5-7-17/h3-7,16,18H,8-11,13H2,1-2H3. The van der Waals surface area contributed by atoms with Crippen molar-refractivity contribution in [2.45, 2.75) is 52.0 Å². The van der Waals surface area contributed by atoms with Gasteiger partial charge < -0.3 is 0 Å². The molecule has 3 rings (SSSR count). The quantitative estimate of drug-likeness (QED) is 0.866. The summed E-state index contributed by atoms with van der Waals surface area (Å²) in [5.41, 5.74) is 2.88. The fourth-order valence-corrected chi connectivity index (χ4v) is 3.68. The molecule has 4 nitrogen and oxygen atoms in total. The van der Waals surface area contributed by atoms with Crippen LogP contribution in [0.15, 0.2) is 35.1 Å². The van der Waals surface area contributed by atoms with E-state index >= 15 is 0 Å². The Morgan fingerprint density at radius 2 is 1.83 bits per heavy atom. The van der Waals surface area contributed by atoms with E-state index in [0.29, 0.717) is 23.9 Å². The smallest absolute Gasteiger partial charge is 0.266 e. The molecule has 1 fully saturated rings. The third-order valence-corrected chi connectivity index (χ3v) is 5.30. The summed E-state index contributed by atoms with van der Waals surface area (Å²) >= 11 is 0. The maximum atomic E-state index is 12.4. The summed E-state index contributed by atoms with van der Waals surface area (Å²) in [6.07, 6.45) is 4.50. The molecule has 0 aliphatic heterocycles. The topological polar surface area (TPSA) is 58.7 Å². The van der Waals surface area contributed by atoms with Crippen LogP contribution in [0.1, 0.15) is 54.0 Å². The van der Waals surface area contributed by atoms with Crippen molar-refractivity contribution in [2.75, 3.05) is 0 Å². The Morgan fingerprint density at radius 1 is 1.17 bits per heavy atom. The number of rotatable bonds is 3. The second kappa shape index (κ2) is 7.00. The average Bonchev–Trinajstić information content (AvgIpc) is 2.61. The Balaban J connectivity index is 1.70. The predicted molar refractivity (Wildman–Crippen MR) is 93.8 cm³/mol. The van der Waals surface area contributed by atoms with Gasteiger partial charge in [-0.2, -0.15) is 10.4 Å². The highest BCUT2D eigenvalue weighted by molar-refractivity contribution is 5.36. The van der Waals surface area contributed by atoms with E-state index in [-0.39, 0.29) is 11.1 Å². The Morgan fingerprint density at radius 3 is 2.46 bits per heavy atom. The van der Waals surface area contributed by atoms with Crippen molar-refractivity contribution in [3.63, 3.8) is 0 Å². The van der Waals surface area contributed by atoms with Gasteiger partial charge in [-0.1, -0.05) is 30.3 Å². The Kier molecular flexibility index (Phi) is 4.80. The van der Waals surface area contributed by atoms with Crippen molar-refractivity contribution >= 4 is 0 Å². The maximum Gasteiger partial charge on any atom is 0.284 e. The number of nitrogens with zero attached hydrogens (tertiary/aromatic N) is 3. The largest absolute Gasteiger partial charge is 0.284 e. The fraction of sp³-hybridized carbons (Fsp3) is 0.450. The van der Waals surface area contributed by atoms with Gasteiger partial charge in [0.1, 0.15) is 11.6 Å². The van der Waals surface area contributed by atoms with Crippen LogP contribution in [0.4, 0.5) is 0 Å². The molecule has 0 amide bonds. The first-order chi connectivity index (χ1) is 11.6. The van der Waals surface area contributed by atoms with Gasteiger partial charge in [-0.25, -0.2) is 4.68 Å². The molecule has 0 saturated heterocycles.